The Hall–Kier alpha value is -0.120. The predicted molar refractivity (Wildman–Crippen MR) is 78.0 cm³/mol. The van der Waals surface area contributed by atoms with Gasteiger partial charge in [0.25, 0.3) is 0 Å². The summed E-state index contributed by atoms with van der Waals surface area (Å²) in [6, 6.07) is 0. The van der Waals surface area contributed by atoms with E-state index in [0.29, 0.717) is 5.41 Å². The predicted octanol–water partition coefficient (Wildman–Crippen LogP) is 2.56. The summed E-state index contributed by atoms with van der Waals surface area (Å²) < 4.78 is 5.85. The standard InChI is InChI=1S/C15H32N2O/c1-5-6-7-8-14(2,3)11-16-9-10-18-15(4)12-17-13-15/h16-17H,5-13H2,1-4H3. The molecule has 0 bridgehead atoms. The van der Waals surface area contributed by atoms with Crippen LogP contribution in [0.5, 0.6) is 0 Å². The van der Waals surface area contributed by atoms with Crippen molar-refractivity contribution in [3.63, 3.8) is 0 Å². The first-order valence-corrected chi connectivity index (χ1v) is 7.53. The lowest BCUT2D eigenvalue weighted by atomic mass is 9.87. The van der Waals surface area contributed by atoms with Gasteiger partial charge in [0.15, 0.2) is 0 Å². The zero-order valence-corrected chi connectivity index (χ0v) is 12.8. The fourth-order valence-corrected chi connectivity index (χ4v) is 2.32. The lowest BCUT2D eigenvalue weighted by molar-refractivity contribution is -0.0651. The van der Waals surface area contributed by atoms with Crippen LogP contribution in [-0.2, 0) is 4.74 Å². The van der Waals surface area contributed by atoms with Gasteiger partial charge in [0.2, 0.25) is 0 Å². The number of unbranched alkanes of at least 4 members (excludes halogenated alkanes) is 2. The van der Waals surface area contributed by atoms with Gasteiger partial charge in [-0.1, -0.05) is 40.0 Å². The molecule has 1 fully saturated rings. The third-order valence-corrected chi connectivity index (χ3v) is 3.79. The molecule has 0 radical (unpaired) electrons. The van der Waals surface area contributed by atoms with Gasteiger partial charge in [-0.3, -0.25) is 0 Å². The summed E-state index contributed by atoms with van der Waals surface area (Å²) >= 11 is 0. The normalized spacial score (nSPS) is 18.7. The minimum absolute atomic E-state index is 0.0956. The van der Waals surface area contributed by atoms with Crippen molar-refractivity contribution >= 4 is 0 Å². The van der Waals surface area contributed by atoms with E-state index in [4.69, 9.17) is 4.74 Å². The van der Waals surface area contributed by atoms with Crippen molar-refractivity contribution in [2.75, 3.05) is 32.8 Å². The van der Waals surface area contributed by atoms with Crippen molar-refractivity contribution in [1.29, 1.82) is 0 Å². The minimum Gasteiger partial charge on any atom is -0.371 e. The Morgan fingerprint density at radius 1 is 1.28 bits per heavy atom. The van der Waals surface area contributed by atoms with E-state index in [-0.39, 0.29) is 5.60 Å². The second kappa shape index (κ2) is 7.46. The molecule has 3 heteroatoms. The first-order valence-electron chi connectivity index (χ1n) is 7.53. The fraction of sp³-hybridized carbons (Fsp3) is 1.00. The summed E-state index contributed by atoms with van der Waals surface area (Å²) in [5, 5.41) is 6.78. The number of rotatable bonds is 10. The molecule has 2 N–H and O–H groups in total. The first kappa shape index (κ1) is 15.9. The maximum Gasteiger partial charge on any atom is 0.0902 e. The van der Waals surface area contributed by atoms with Crippen LogP contribution < -0.4 is 10.6 Å². The quantitative estimate of drug-likeness (QED) is 0.589. The van der Waals surface area contributed by atoms with Crippen molar-refractivity contribution in [2.24, 2.45) is 5.41 Å². The van der Waals surface area contributed by atoms with Crippen LogP contribution in [0.3, 0.4) is 0 Å². The largest absolute Gasteiger partial charge is 0.371 e. The second-order valence-electron chi connectivity index (χ2n) is 6.70. The van der Waals surface area contributed by atoms with Gasteiger partial charge in [-0.05, 0) is 18.8 Å². The highest BCUT2D eigenvalue weighted by Crippen LogP contribution is 2.22. The number of nitrogens with one attached hydrogen (secondary N) is 2. The van der Waals surface area contributed by atoms with Crippen molar-refractivity contribution in [3.8, 4) is 0 Å². The van der Waals surface area contributed by atoms with E-state index < -0.39 is 0 Å². The third-order valence-electron chi connectivity index (χ3n) is 3.79. The molecule has 0 aromatic heterocycles. The van der Waals surface area contributed by atoms with Gasteiger partial charge in [0.05, 0.1) is 12.2 Å². The monoisotopic (exact) mass is 256 g/mol. The van der Waals surface area contributed by atoms with Gasteiger partial charge in [0.1, 0.15) is 0 Å². The first-order chi connectivity index (χ1) is 8.47. The molecule has 0 aromatic rings. The summed E-state index contributed by atoms with van der Waals surface area (Å²) in [4.78, 5) is 0. The molecule has 0 saturated carbocycles. The highest BCUT2D eigenvalue weighted by molar-refractivity contribution is 4.90. The number of hydrogen-bond acceptors (Lipinski definition) is 3. The highest BCUT2D eigenvalue weighted by atomic mass is 16.5. The zero-order chi connectivity index (χ0) is 13.5. The third kappa shape index (κ3) is 6.17. The van der Waals surface area contributed by atoms with Gasteiger partial charge in [0, 0.05) is 26.2 Å². The molecule has 1 saturated heterocycles. The van der Waals surface area contributed by atoms with Crippen LogP contribution in [0.15, 0.2) is 0 Å². The van der Waals surface area contributed by atoms with Crippen LogP contribution in [0.2, 0.25) is 0 Å². The molecule has 0 atom stereocenters. The highest BCUT2D eigenvalue weighted by Gasteiger charge is 2.32. The molecular weight excluding hydrogens is 224 g/mol. The van der Waals surface area contributed by atoms with Crippen LogP contribution in [0, 0.1) is 5.41 Å². The average molecular weight is 256 g/mol. The molecule has 1 aliphatic heterocycles. The Bertz CT molecular complexity index is 225. The van der Waals surface area contributed by atoms with Gasteiger partial charge in [-0.25, -0.2) is 0 Å². The second-order valence-corrected chi connectivity index (χ2v) is 6.70. The molecule has 18 heavy (non-hydrogen) atoms. The molecule has 1 rings (SSSR count). The van der Waals surface area contributed by atoms with Crippen LogP contribution in [0.4, 0.5) is 0 Å². The summed E-state index contributed by atoms with van der Waals surface area (Å²) in [6.45, 7) is 14.0. The van der Waals surface area contributed by atoms with E-state index >= 15 is 0 Å². The van der Waals surface area contributed by atoms with Crippen LogP contribution in [-0.4, -0.2) is 38.4 Å². The maximum absolute atomic E-state index is 5.85. The van der Waals surface area contributed by atoms with Crippen molar-refractivity contribution in [1.82, 2.24) is 10.6 Å². The SMILES string of the molecule is CCCCCC(C)(C)CNCCOC1(C)CNC1. The molecule has 1 aliphatic rings. The Labute approximate surface area is 113 Å². The molecular formula is C15H32N2O. The van der Waals surface area contributed by atoms with E-state index in [0.717, 1.165) is 32.8 Å². The fourth-order valence-electron chi connectivity index (χ4n) is 2.32. The summed E-state index contributed by atoms with van der Waals surface area (Å²) in [5.41, 5.74) is 0.509. The van der Waals surface area contributed by atoms with E-state index in [9.17, 15) is 0 Å². The molecule has 0 aromatic carbocycles. The lowest BCUT2D eigenvalue weighted by Crippen LogP contribution is -2.59. The molecule has 0 spiro atoms. The smallest absolute Gasteiger partial charge is 0.0902 e. The minimum atomic E-state index is 0.0956. The maximum atomic E-state index is 5.85. The average Bonchev–Trinajstić information content (AvgIpc) is 2.26. The Kier molecular flexibility index (Phi) is 6.61. The lowest BCUT2D eigenvalue weighted by Gasteiger charge is -2.39. The van der Waals surface area contributed by atoms with Crippen LogP contribution in [0.25, 0.3) is 0 Å². The van der Waals surface area contributed by atoms with E-state index in [1.165, 1.54) is 25.7 Å². The van der Waals surface area contributed by atoms with Gasteiger partial charge >= 0.3 is 0 Å². The van der Waals surface area contributed by atoms with Crippen molar-refractivity contribution < 1.29 is 4.74 Å². The Morgan fingerprint density at radius 2 is 2.00 bits per heavy atom. The molecule has 3 nitrogen and oxygen atoms in total. The molecule has 0 amide bonds. The van der Waals surface area contributed by atoms with Crippen molar-refractivity contribution in [2.45, 2.75) is 59.0 Å². The molecule has 108 valence electrons. The van der Waals surface area contributed by atoms with Crippen LogP contribution >= 0.6 is 0 Å². The summed E-state index contributed by atoms with van der Waals surface area (Å²) in [7, 11) is 0. The topological polar surface area (TPSA) is 33.3 Å². The Morgan fingerprint density at radius 3 is 2.56 bits per heavy atom. The van der Waals surface area contributed by atoms with E-state index in [1.54, 1.807) is 0 Å². The molecule has 0 aliphatic carbocycles. The summed E-state index contributed by atoms with van der Waals surface area (Å²) in [5.74, 6) is 0. The van der Waals surface area contributed by atoms with E-state index in [1.807, 2.05) is 0 Å². The van der Waals surface area contributed by atoms with Crippen LogP contribution in [0.1, 0.15) is 53.4 Å². The molecule has 0 unspecified atom stereocenters. The zero-order valence-electron chi connectivity index (χ0n) is 12.8. The molecule has 1 heterocycles. The summed E-state index contributed by atoms with van der Waals surface area (Å²) in [6.07, 6.45) is 5.34. The van der Waals surface area contributed by atoms with Gasteiger partial charge in [-0.2, -0.15) is 0 Å². The van der Waals surface area contributed by atoms with E-state index in [2.05, 4.69) is 38.3 Å². The van der Waals surface area contributed by atoms with Gasteiger partial charge < -0.3 is 15.4 Å². The number of ether oxygens (including phenoxy) is 1. The Balaban J connectivity index is 1.98. The van der Waals surface area contributed by atoms with Crippen molar-refractivity contribution in [3.05, 3.63) is 0 Å². The number of hydrogen-bond donors (Lipinski definition) is 2. The van der Waals surface area contributed by atoms with Gasteiger partial charge in [-0.15, -0.1) is 0 Å².